The molecule has 0 spiro atoms. The minimum atomic E-state index is -0.833. The van der Waals surface area contributed by atoms with Gasteiger partial charge >= 0.3 is 0 Å². The summed E-state index contributed by atoms with van der Waals surface area (Å²) in [5.74, 6) is 0.636. The topological polar surface area (TPSA) is 43.1 Å². The Balaban J connectivity index is 2.31. The summed E-state index contributed by atoms with van der Waals surface area (Å²) in [6.07, 6.45) is 3.88. The zero-order valence-corrected chi connectivity index (χ0v) is 6.99. The van der Waals surface area contributed by atoms with Crippen molar-refractivity contribution < 1.29 is 4.21 Å². The second kappa shape index (κ2) is 2.84. The Morgan fingerprint density at radius 3 is 2.70 bits per heavy atom. The first-order chi connectivity index (χ1) is 4.66. The molecule has 58 valence electrons. The molecule has 2 N–H and O–H groups in total. The SMILES string of the molecule is C/C=C/S(=O)CC1(N)CC1. The van der Waals surface area contributed by atoms with E-state index in [-0.39, 0.29) is 5.54 Å². The van der Waals surface area contributed by atoms with Crippen molar-refractivity contribution in [1.29, 1.82) is 0 Å². The van der Waals surface area contributed by atoms with Gasteiger partial charge in [-0.1, -0.05) is 6.08 Å². The van der Waals surface area contributed by atoms with Gasteiger partial charge < -0.3 is 5.73 Å². The first-order valence-electron chi connectivity index (χ1n) is 3.45. The van der Waals surface area contributed by atoms with Gasteiger partial charge in [0.25, 0.3) is 0 Å². The van der Waals surface area contributed by atoms with Crippen molar-refractivity contribution in [2.75, 3.05) is 5.75 Å². The Kier molecular flexibility index (Phi) is 2.26. The van der Waals surface area contributed by atoms with Crippen LogP contribution in [0.2, 0.25) is 0 Å². The van der Waals surface area contributed by atoms with Crippen molar-refractivity contribution in [1.82, 2.24) is 0 Å². The predicted octanol–water partition coefficient (Wildman–Crippen LogP) is 0.760. The Bertz CT molecular complexity index is 172. The van der Waals surface area contributed by atoms with E-state index < -0.39 is 10.8 Å². The van der Waals surface area contributed by atoms with Crippen LogP contribution in [-0.4, -0.2) is 15.5 Å². The first kappa shape index (κ1) is 7.95. The number of hydrogen-bond donors (Lipinski definition) is 1. The summed E-state index contributed by atoms with van der Waals surface area (Å²) >= 11 is 0. The van der Waals surface area contributed by atoms with E-state index in [1.807, 2.05) is 13.0 Å². The summed E-state index contributed by atoms with van der Waals surface area (Å²) in [5.41, 5.74) is 5.67. The lowest BCUT2D eigenvalue weighted by molar-refractivity contribution is 0.675. The molecule has 0 aromatic carbocycles. The van der Waals surface area contributed by atoms with E-state index in [1.165, 1.54) is 0 Å². The van der Waals surface area contributed by atoms with Gasteiger partial charge in [0.2, 0.25) is 0 Å². The van der Waals surface area contributed by atoms with Crippen LogP contribution in [0.5, 0.6) is 0 Å². The van der Waals surface area contributed by atoms with Gasteiger partial charge in [-0.25, -0.2) is 0 Å². The molecule has 1 atom stereocenters. The highest BCUT2D eigenvalue weighted by atomic mass is 32.2. The summed E-state index contributed by atoms with van der Waals surface area (Å²) in [6, 6.07) is 0. The number of rotatable bonds is 3. The second-order valence-electron chi connectivity index (χ2n) is 2.86. The molecule has 0 aliphatic heterocycles. The molecule has 0 heterocycles. The molecule has 0 aromatic rings. The third kappa shape index (κ3) is 2.23. The van der Waals surface area contributed by atoms with Crippen molar-refractivity contribution in [3.63, 3.8) is 0 Å². The fourth-order valence-corrected chi connectivity index (χ4v) is 2.04. The standard InChI is InChI=1S/C7H13NOS/c1-2-5-10(9)6-7(8)3-4-7/h2,5H,3-4,6,8H2,1H3/b5-2+. The quantitative estimate of drug-likeness (QED) is 0.660. The maximum atomic E-state index is 11.0. The molecule has 2 nitrogen and oxygen atoms in total. The predicted molar refractivity (Wildman–Crippen MR) is 44.0 cm³/mol. The van der Waals surface area contributed by atoms with E-state index >= 15 is 0 Å². The molecule has 0 saturated heterocycles. The lowest BCUT2D eigenvalue weighted by Crippen LogP contribution is -2.28. The minimum Gasteiger partial charge on any atom is -0.324 e. The molecule has 0 radical (unpaired) electrons. The van der Waals surface area contributed by atoms with E-state index in [4.69, 9.17) is 5.73 Å². The number of allylic oxidation sites excluding steroid dienone is 1. The molecule has 0 aromatic heterocycles. The maximum absolute atomic E-state index is 11.0. The molecular weight excluding hydrogens is 146 g/mol. The minimum absolute atomic E-state index is 0.0790. The molecule has 1 saturated carbocycles. The van der Waals surface area contributed by atoms with Crippen LogP contribution < -0.4 is 5.73 Å². The summed E-state index contributed by atoms with van der Waals surface area (Å²) in [5, 5.41) is 1.70. The highest BCUT2D eigenvalue weighted by Gasteiger charge is 2.39. The normalized spacial score (nSPS) is 25.0. The molecule has 1 aliphatic carbocycles. The summed E-state index contributed by atoms with van der Waals surface area (Å²) in [6.45, 7) is 1.87. The Hall–Kier alpha value is -0.150. The Labute approximate surface area is 63.9 Å². The van der Waals surface area contributed by atoms with Gasteiger partial charge in [0.15, 0.2) is 0 Å². The molecule has 0 bridgehead atoms. The smallest absolute Gasteiger partial charge is 0.0471 e. The van der Waals surface area contributed by atoms with Gasteiger partial charge in [0.1, 0.15) is 0 Å². The van der Waals surface area contributed by atoms with Crippen molar-refractivity contribution in [3.05, 3.63) is 11.5 Å². The third-order valence-corrected chi connectivity index (χ3v) is 3.04. The van der Waals surface area contributed by atoms with Crippen LogP contribution in [0.3, 0.4) is 0 Å². The molecule has 1 aliphatic rings. The van der Waals surface area contributed by atoms with Crippen molar-refractivity contribution >= 4 is 10.8 Å². The second-order valence-corrected chi connectivity index (χ2v) is 4.18. The van der Waals surface area contributed by atoms with Gasteiger partial charge in [-0.2, -0.15) is 0 Å². The largest absolute Gasteiger partial charge is 0.324 e. The first-order valence-corrected chi connectivity index (χ1v) is 4.83. The lowest BCUT2D eigenvalue weighted by Gasteiger charge is -2.03. The molecule has 0 amide bonds. The third-order valence-electron chi connectivity index (χ3n) is 1.61. The van der Waals surface area contributed by atoms with Crippen molar-refractivity contribution in [2.45, 2.75) is 25.3 Å². The maximum Gasteiger partial charge on any atom is 0.0471 e. The Morgan fingerprint density at radius 2 is 2.30 bits per heavy atom. The zero-order valence-electron chi connectivity index (χ0n) is 6.17. The van der Waals surface area contributed by atoms with E-state index in [2.05, 4.69) is 0 Å². The van der Waals surface area contributed by atoms with E-state index in [0.29, 0.717) is 5.75 Å². The molecule has 1 fully saturated rings. The van der Waals surface area contributed by atoms with Gasteiger partial charge in [-0.3, -0.25) is 4.21 Å². The fourth-order valence-electron chi connectivity index (χ4n) is 0.788. The van der Waals surface area contributed by atoms with Crippen LogP contribution in [0.1, 0.15) is 19.8 Å². The van der Waals surface area contributed by atoms with Crippen molar-refractivity contribution in [3.8, 4) is 0 Å². The molecule has 1 rings (SSSR count). The van der Waals surface area contributed by atoms with Crippen LogP contribution in [0.15, 0.2) is 11.5 Å². The average Bonchev–Trinajstić information content (AvgIpc) is 2.48. The van der Waals surface area contributed by atoms with Gasteiger partial charge in [-0.15, -0.1) is 0 Å². The van der Waals surface area contributed by atoms with Gasteiger partial charge in [-0.05, 0) is 25.2 Å². The van der Waals surface area contributed by atoms with Gasteiger partial charge in [0.05, 0.1) is 0 Å². The number of nitrogens with two attached hydrogens (primary N) is 1. The molecule has 3 heteroatoms. The van der Waals surface area contributed by atoms with Crippen LogP contribution in [0.25, 0.3) is 0 Å². The Morgan fingerprint density at radius 1 is 1.70 bits per heavy atom. The monoisotopic (exact) mass is 159 g/mol. The summed E-state index contributed by atoms with van der Waals surface area (Å²) in [4.78, 5) is 0. The lowest BCUT2D eigenvalue weighted by atomic mass is 10.4. The van der Waals surface area contributed by atoms with E-state index in [9.17, 15) is 4.21 Å². The molecular formula is C7H13NOS. The van der Waals surface area contributed by atoms with Crippen LogP contribution in [-0.2, 0) is 10.8 Å². The average molecular weight is 159 g/mol. The van der Waals surface area contributed by atoms with Crippen LogP contribution in [0.4, 0.5) is 0 Å². The highest BCUT2D eigenvalue weighted by Crippen LogP contribution is 2.32. The van der Waals surface area contributed by atoms with E-state index in [1.54, 1.807) is 5.41 Å². The van der Waals surface area contributed by atoms with Crippen LogP contribution in [0, 0.1) is 0 Å². The van der Waals surface area contributed by atoms with Crippen LogP contribution >= 0.6 is 0 Å². The molecule has 1 unspecified atom stereocenters. The summed E-state index contributed by atoms with van der Waals surface area (Å²) < 4.78 is 11.0. The summed E-state index contributed by atoms with van der Waals surface area (Å²) in [7, 11) is -0.833. The van der Waals surface area contributed by atoms with Gasteiger partial charge in [0, 0.05) is 22.1 Å². The zero-order chi connectivity index (χ0) is 7.61. The highest BCUT2D eigenvalue weighted by molar-refractivity contribution is 7.88. The molecule has 10 heavy (non-hydrogen) atoms. The van der Waals surface area contributed by atoms with Crippen molar-refractivity contribution in [2.24, 2.45) is 5.73 Å². The van der Waals surface area contributed by atoms with E-state index in [0.717, 1.165) is 12.8 Å². The fraction of sp³-hybridized carbons (Fsp3) is 0.714. The number of hydrogen-bond acceptors (Lipinski definition) is 2.